The minimum atomic E-state index is -0.628. The molecule has 0 aliphatic carbocycles. The van der Waals surface area contributed by atoms with Crippen molar-refractivity contribution in [2.24, 2.45) is 0 Å². The number of nitrogens with zero attached hydrogens (tertiary/aromatic N) is 4. The molecule has 0 fully saturated rings. The Labute approximate surface area is 244 Å². The van der Waals surface area contributed by atoms with Crippen LogP contribution >= 0.6 is 0 Å². The Hall–Kier alpha value is -4.23. The van der Waals surface area contributed by atoms with Gasteiger partial charge in [0.25, 0.3) is 0 Å². The first-order valence-corrected chi connectivity index (χ1v) is 14.8. The molecule has 0 radical (unpaired) electrons. The van der Waals surface area contributed by atoms with Crippen LogP contribution in [0.2, 0.25) is 0 Å². The molecule has 0 saturated heterocycles. The van der Waals surface area contributed by atoms with E-state index in [2.05, 4.69) is 23.8 Å². The first-order valence-electron chi connectivity index (χ1n) is 14.8. The zero-order chi connectivity index (χ0) is 29.3. The standard InChI is InChI=1S/C34H40N4O3/c1-3-5-7-9-10-11-13-21-40-31-19-20-32(30(23-36)29(31)22-35)41-34(39)28-17-15-27(16-18-28)33-37-24-26(25-38-33)14-12-8-6-4-2/h15-20,24-25H,3-14,21H2,1-2H3. The summed E-state index contributed by atoms with van der Waals surface area (Å²) < 4.78 is 11.3. The van der Waals surface area contributed by atoms with Crippen molar-refractivity contribution in [2.45, 2.75) is 90.9 Å². The van der Waals surface area contributed by atoms with Crippen LogP contribution in [0, 0.1) is 22.7 Å². The molecule has 0 aliphatic heterocycles. The van der Waals surface area contributed by atoms with E-state index < -0.39 is 5.97 Å². The predicted octanol–water partition coefficient (Wildman–Crippen LogP) is 8.36. The van der Waals surface area contributed by atoms with Crippen LogP contribution in [0.4, 0.5) is 0 Å². The van der Waals surface area contributed by atoms with Crippen LogP contribution in [0.3, 0.4) is 0 Å². The van der Waals surface area contributed by atoms with Gasteiger partial charge in [-0.3, -0.25) is 0 Å². The minimum Gasteiger partial charge on any atom is -0.492 e. The summed E-state index contributed by atoms with van der Waals surface area (Å²) in [4.78, 5) is 21.8. The SMILES string of the molecule is CCCCCCCCCOc1ccc(OC(=O)c2ccc(-c3ncc(CCCCCC)cn3)cc2)c(C#N)c1C#N. The lowest BCUT2D eigenvalue weighted by Crippen LogP contribution is -2.10. The maximum absolute atomic E-state index is 12.9. The molecular weight excluding hydrogens is 512 g/mol. The maximum Gasteiger partial charge on any atom is 0.343 e. The highest BCUT2D eigenvalue weighted by Crippen LogP contribution is 2.30. The summed E-state index contributed by atoms with van der Waals surface area (Å²) in [6.45, 7) is 4.86. The van der Waals surface area contributed by atoms with Crippen molar-refractivity contribution in [3.8, 4) is 35.0 Å². The number of unbranched alkanes of at least 4 members (excludes halogenated alkanes) is 9. The van der Waals surface area contributed by atoms with Crippen molar-refractivity contribution < 1.29 is 14.3 Å². The van der Waals surface area contributed by atoms with Gasteiger partial charge in [0.15, 0.2) is 11.6 Å². The molecule has 2 aromatic carbocycles. The second kappa shape index (κ2) is 17.5. The Balaban J connectivity index is 1.58. The Bertz CT molecular complexity index is 1320. The molecule has 0 amide bonds. The third kappa shape index (κ3) is 9.72. The average Bonchev–Trinajstić information content (AvgIpc) is 3.01. The second-order valence-electron chi connectivity index (χ2n) is 10.2. The Morgan fingerprint density at radius 3 is 1.93 bits per heavy atom. The van der Waals surface area contributed by atoms with Crippen LogP contribution in [-0.4, -0.2) is 22.5 Å². The van der Waals surface area contributed by atoms with Crippen molar-refractivity contribution >= 4 is 5.97 Å². The first kappa shape index (κ1) is 31.3. The predicted molar refractivity (Wildman–Crippen MR) is 160 cm³/mol. The van der Waals surface area contributed by atoms with Gasteiger partial charge in [-0.05, 0) is 49.1 Å². The van der Waals surface area contributed by atoms with E-state index >= 15 is 0 Å². The fourth-order valence-corrected chi connectivity index (χ4v) is 4.54. The van der Waals surface area contributed by atoms with E-state index in [1.54, 1.807) is 30.3 Å². The molecule has 1 aromatic heterocycles. The van der Waals surface area contributed by atoms with Crippen LogP contribution < -0.4 is 9.47 Å². The Morgan fingerprint density at radius 1 is 0.732 bits per heavy atom. The second-order valence-corrected chi connectivity index (χ2v) is 10.2. The molecule has 0 aliphatic rings. The molecule has 3 aromatic rings. The summed E-state index contributed by atoms with van der Waals surface area (Å²) >= 11 is 0. The molecule has 0 spiro atoms. The molecule has 7 heteroatoms. The summed E-state index contributed by atoms with van der Waals surface area (Å²) in [7, 11) is 0. The summed E-state index contributed by atoms with van der Waals surface area (Å²) in [6.07, 6.45) is 17.5. The van der Waals surface area contributed by atoms with Gasteiger partial charge in [0.2, 0.25) is 0 Å². The molecule has 1 heterocycles. The molecule has 7 nitrogen and oxygen atoms in total. The van der Waals surface area contributed by atoms with E-state index in [0.29, 0.717) is 23.7 Å². The first-order chi connectivity index (χ1) is 20.1. The van der Waals surface area contributed by atoms with Gasteiger partial charge in [0.05, 0.1) is 12.2 Å². The van der Waals surface area contributed by atoms with E-state index in [-0.39, 0.29) is 16.9 Å². The van der Waals surface area contributed by atoms with E-state index in [4.69, 9.17) is 9.47 Å². The number of carbonyl (C=O) groups is 1. The number of ether oxygens (including phenoxy) is 2. The molecule has 3 rings (SSSR count). The van der Waals surface area contributed by atoms with Gasteiger partial charge in [-0.1, -0.05) is 83.8 Å². The zero-order valence-corrected chi connectivity index (χ0v) is 24.3. The van der Waals surface area contributed by atoms with Gasteiger partial charge in [-0.15, -0.1) is 0 Å². The third-order valence-corrected chi connectivity index (χ3v) is 6.96. The summed E-state index contributed by atoms with van der Waals surface area (Å²) in [5, 5.41) is 19.5. The number of esters is 1. The van der Waals surface area contributed by atoms with E-state index in [1.165, 1.54) is 51.0 Å². The summed E-state index contributed by atoms with van der Waals surface area (Å²) in [6, 6.07) is 13.9. The Kier molecular flexibility index (Phi) is 13.3. The lowest BCUT2D eigenvalue weighted by atomic mass is 10.1. The van der Waals surface area contributed by atoms with Crippen molar-refractivity contribution in [1.82, 2.24) is 9.97 Å². The quantitative estimate of drug-likeness (QED) is 0.0940. The van der Waals surface area contributed by atoms with Crippen LogP contribution in [0.5, 0.6) is 11.5 Å². The summed E-state index contributed by atoms with van der Waals surface area (Å²) in [5.41, 5.74) is 2.26. The molecule has 0 bridgehead atoms. The van der Waals surface area contributed by atoms with E-state index in [0.717, 1.165) is 43.2 Å². The lowest BCUT2D eigenvalue weighted by Gasteiger charge is -2.12. The fourth-order valence-electron chi connectivity index (χ4n) is 4.54. The average molecular weight is 553 g/mol. The largest absolute Gasteiger partial charge is 0.492 e. The van der Waals surface area contributed by atoms with Crippen LogP contribution in [0.15, 0.2) is 48.8 Å². The van der Waals surface area contributed by atoms with Crippen molar-refractivity contribution in [2.75, 3.05) is 6.61 Å². The number of rotatable bonds is 17. The maximum atomic E-state index is 12.9. The molecule has 0 saturated carbocycles. The number of benzene rings is 2. The smallest absolute Gasteiger partial charge is 0.343 e. The number of nitriles is 2. The molecule has 41 heavy (non-hydrogen) atoms. The molecule has 0 unspecified atom stereocenters. The highest BCUT2D eigenvalue weighted by atomic mass is 16.5. The lowest BCUT2D eigenvalue weighted by molar-refractivity contribution is 0.0734. The number of hydrogen-bond acceptors (Lipinski definition) is 7. The van der Waals surface area contributed by atoms with Gasteiger partial charge in [0, 0.05) is 18.0 Å². The normalized spacial score (nSPS) is 10.5. The minimum absolute atomic E-state index is 0.0160. The van der Waals surface area contributed by atoms with E-state index in [1.807, 2.05) is 24.5 Å². The highest BCUT2D eigenvalue weighted by molar-refractivity contribution is 5.92. The van der Waals surface area contributed by atoms with Gasteiger partial charge < -0.3 is 9.47 Å². The Morgan fingerprint density at radius 2 is 1.29 bits per heavy atom. The molecular formula is C34H40N4O3. The van der Waals surface area contributed by atoms with Crippen molar-refractivity contribution in [3.05, 3.63) is 71.0 Å². The molecule has 0 N–H and O–H groups in total. The van der Waals surface area contributed by atoms with Gasteiger partial charge >= 0.3 is 5.97 Å². The van der Waals surface area contributed by atoms with Crippen LogP contribution in [0.1, 0.15) is 112 Å². The van der Waals surface area contributed by atoms with E-state index in [9.17, 15) is 15.3 Å². The molecule has 214 valence electrons. The number of aryl methyl sites for hydroxylation is 1. The number of aromatic nitrogens is 2. The number of hydrogen-bond donors (Lipinski definition) is 0. The van der Waals surface area contributed by atoms with Crippen molar-refractivity contribution in [1.29, 1.82) is 10.5 Å². The van der Waals surface area contributed by atoms with Crippen LogP contribution in [0.25, 0.3) is 11.4 Å². The fraction of sp³-hybridized carbons (Fsp3) is 0.441. The van der Waals surface area contributed by atoms with Gasteiger partial charge in [-0.25, -0.2) is 14.8 Å². The zero-order valence-electron chi connectivity index (χ0n) is 24.3. The van der Waals surface area contributed by atoms with Gasteiger partial charge in [0.1, 0.15) is 29.0 Å². The monoisotopic (exact) mass is 552 g/mol. The number of carbonyl (C=O) groups excluding carboxylic acids is 1. The van der Waals surface area contributed by atoms with Gasteiger partial charge in [-0.2, -0.15) is 10.5 Å². The highest BCUT2D eigenvalue weighted by Gasteiger charge is 2.19. The molecule has 0 atom stereocenters. The third-order valence-electron chi connectivity index (χ3n) is 6.96. The topological polar surface area (TPSA) is 109 Å². The van der Waals surface area contributed by atoms with Crippen LogP contribution in [-0.2, 0) is 6.42 Å². The van der Waals surface area contributed by atoms with Crippen molar-refractivity contribution in [3.63, 3.8) is 0 Å². The summed E-state index contributed by atoms with van der Waals surface area (Å²) in [5.74, 6) is 0.308.